The van der Waals surface area contributed by atoms with Crippen LogP contribution in [0.2, 0.25) is 0 Å². The molecule has 3 N–H and O–H groups in total. The number of hydrogen-bond acceptors (Lipinski definition) is 4. The smallest absolute Gasteiger partial charge is 0.179 e. The number of ketones is 1. The maximum atomic E-state index is 11.3. The Morgan fingerprint density at radius 1 is 1.64 bits per heavy atom. The van der Waals surface area contributed by atoms with Gasteiger partial charge in [0.25, 0.3) is 0 Å². The number of anilines is 1. The van der Waals surface area contributed by atoms with Crippen LogP contribution in [0, 0.1) is 11.3 Å². The highest BCUT2D eigenvalue weighted by Gasteiger charge is 2.16. The molecule has 1 rings (SSSR count). The minimum atomic E-state index is -0.350. The Balaban J connectivity index is 3.42. The summed E-state index contributed by atoms with van der Waals surface area (Å²) < 4.78 is 0. The van der Waals surface area contributed by atoms with Crippen molar-refractivity contribution in [3.63, 3.8) is 0 Å². The number of Topliss-reactive ketones (excluding diaryl/α,β-unsaturated/α-hetero) is 1. The third-order valence-electron chi connectivity index (χ3n) is 1.74. The van der Waals surface area contributed by atoms with E-state index in [-0.39, 0.29) is 33.7 Å². The number of nitrogen functional groups attached to an aromatic ring is 1. The SMILES string of the molecule is N#Cc1ccc(O)c(C(=O)CBr)c1N. The minimum Gasteiger partial charge on any atom is -0.507 e. The van der Waals surface area contributed by atoms with Gasteiger partial charge in [-0.05, 0) is 12.1 Å². The Labute approximate surface area is 89.1 Å². The maximum absolute atomic E-state index is 11.3. The van der Waals surface area contributed by atoms with Crippen molar-refractivity contribution in [1.82, 2.24) is 0 Å². The topological polar surface area (TPSA) is 87.1 Å². The normalized spacial score (nSPS) is 9.43. The van der Waals surface area contributed by atoms with Crippen LogP contribution < -0.4 is 5.73 Å². The summed E-state index contributed by atoms with van der Waals surface area (Å²) >= 11 is 2.97. The number of aromatic hydroxyl groups is 1. The average Bonchev–Trinajstić information content (AvgIpc) is 2.18. The molecule has 0 amide bonds. The summed E-state index contributed by atoms with van der Waals surface area (Å²) in [7, 11) is 0. The first-order valence-electron chi connectivity index (χ1n) is 3.72. The van der Waals surface area contributed by atoms with Gasteiger partial charge < -0.3 is 10.8 Å². The van der Waals surface area contributed by atoms with Crippen molar-refractivity contribution < 1.29 is 9.90 Å². The van der Waals surface area contributed by atoms with Crippen LogP contribution in [0.15, 0.2) is 12.1 Å². The third-order valence-corrected chi connectivity index (χ3v) is 2.25. The van der Waals surface area contributed by atoms with E-state index in [0.29, 0.717) is 0 Å². The molecule has 1 aromatic carbocycles. The molecule has 0 saturated carbocycles. The van der Waals surface area contributed by atoms with Crippen molar-refractivity contribution in [3.8, 4) is 11.8 Å². The summed E-state index contributed by atoms with van der Waals surface area (Å²) in [6.07, 6.45) is 0. The van der Waals surface area contributed by atoms with Crippen molar-refractivity contribution in [1.29, 1.82) is 5.26 Å². The fraction of sp³-hybridized carbons (Fsp3) is 0.111. The number of rotatable bonds is 2. The second-order valence-corrected chi connectivity index (χ2v) is 3.15. The molecule has 0 heterocycles. The zero-order valence-electron chi connectivity index (χ0n) is 7.12. The predicted octanol–water partition coefficient (Wildman–Crippen LogP) is 1.42. The molecule has 0 spiro atoms. The van der Waals surface area contributed by atoms with Gasteiger partial charge in [-0.3, -0.25) is 4.79 Å². The fourth-order valence-corrected chi connectivity index (χ4v) is 1.35. The highest BCUT2D eigenvalue weighted by atomic mass is 79.9. The van der Waals surface area contributed by atoms with Gasteiger partial charge in [0.2, 0.25) is 0 Å². The van der Waals surface area contributed by atoms with E-state index in [2.05, 4.69) is 15.9 Å². The van der Waals surface area contributed by atoms with Crippen molar-refractivity contribution in [3.05, 3.63) is 23.3 Å². The number of carbonyl (C=O) groups excluding carboxylic acids is 1. The van der Waals surface area contributed by atoms with Crippen LogP contribution in [-0.4, -0.2) is 16.2 Å². The molecule has 1 aromatic rings. The van der Waals surface area contributed by atoms with E-state index in [4.69, 9.17) is 11.0 Å². The predicted molar refractivity (Wildman–Crippen MR) is 55.4 cm³/mol. The number of halogens is 1. The lowest BCUT2D eigenvalue weighted by molar-refractivity contribution is 0.102. The molecule has 0 bridgehead atoms. The molecule has 0 aliphatic rings. The molecule has 0 atom stereocenters. The Bertz CT molecular complexity index is 424. The standard InChI is InChI=1S/C9H7BrN2O2/c10-3-7(14)8-6(13)2-1-5(4-11)9(8)12/h1-2,13H,3,12H2. The minimum absolute atomic E-state index is 0.000856. The van der Waals surface area contributed by atoms with E-state index in [1.54, 1.807) is 0 Å². The van der Waals surface area contributed by atoms with Gasteiger partial charge in [0.05, 0.1) is 22.1 Å². The number of alkyl halides is 1. The Morgan fingerprint density at radius 3 is 2.79 bits per heavy atom. The summed E-state index contributed by atoms with van der Waals surface area (Å²) in [6.45, 7) is 0. The van der Waals surface area contributed by atoms with Crippen LogP contribution in [0.1, 0.15) is 15.9 Å². The summed E-state index contributed by atoms with van der Waals surface area (Å²) in [4.78, 5) is 11.3. The quantitative estimate of drug-likeness (QED) is 0.475. The molecule has 5 heteroatoms. The highest BCUT2D eigenvalue weighted by Crippen LogP contribution is 2.27. The van der Waals surface area contributed by atoms with Gasteiger partial charge in [0, 0.05) is 0 Å². The van der Waals surface area contributed by atoms with E-state index < -0.39 is 0 Å². The number of nitrogens with two attached hydrogens (primary N) is 1. The second-order valence-electron chi connectivity index (χ2n) is 2.59. The molecular weight excluding hydrogens is 248 g/mol. The fourth-order valence-electron chi connectivity index (χ4n) is 1.07. The van der Waals surface area contributed by atoms with Crippen molar-refractivity contribution in [2.75, 3.05) is 11.1 Å². The summed E-state index contributed by atoms with van der Waals surface area (Å²) in [6, 6.07) is 4.49. The van der Waals surface area contributed by atoms with Gasteiger partial charge in [0.15, 0.2) is 5.78 Å². The summed E-state index contributed by atoms with van der Waals surface area (Å²) in [5, 5.41) is 18.1. The first-order valence-corrected chi connectivity index (χ1v) is 4.84. The van der Waals surface area contributed by atoms with Crippen LogP contribution in [0.25, 0.3) is 0 Å². The van der Waals surface area contributed by atoms with Gasteiger partial charge in [-0.1, -0.05) is 15.9 Å². The lowest BCUT2D eigenvalue weighted by atomic mass is 10.0. The van der Waals surface area contributed by atoms with Crippen LogP contribution >= 0.6 is 15.9 Å². The monoisotopic (exact) mass is 254 g/mol. The van der Waals surface area contributed by atoms with E-state index in [1.165, 1.54) is 12.1 Å². The first kappa shape index (κ1) is 10.5. The van der Waals surface area contributed by atoms with E-state index in [9.17, 15) is 9.90 Å². The van der Waals surface area contributed by atoms with Gasteiger partial charge >= 0.3 is 0 Å². The average molecular weight is 255 g/mol. The molecule has 0 aliphatic carbocycles. The Kier molecular flexibility index (Phi) is 3.10. The van der Waals surface area contributed by atoms with Gasteiger partial charge in [-0.15, -0.1) is 0 Å². The lowest BCUT2D eigenvalue weighted by Crippen LogP contribution is -2.06. The first-order chi connectivity index (χ1) is 6.61. The zero-order valence-corrected chi connectivity index (χ0v) is 8.71. The zero-order chi connectivity index (χ0) is 10.7. The van der Waals surface area contributed by atoms with Crippen LogP contribution in [-0.2, 0) is 0 Å². The number of carbonyl (C=O) groups is 1. The molecule has 0 aromatic heterocycles. The molecule has 72 valence electrons. The van der Waals surface area contributed by atoms with E-state index in [1.807, 2.05) is 6.07 Å². The van der Waals surface area contributed by atoms with Crippen LogP contribution in [0.3, 0.4) is 0 Å². The number of phenolic OH excluding ortho intramolecular Hbond substituents is 1. The lowest BCUT2D eigenvalue weighted by Gasteiger charge is -2.06. The van der Waals surface area contributed by atoms with Crippen LogP contribution in [0.4, 0.5) is 5.69 Å². The van der Waals surface area contributed by atoms with E-state index in [0.717, 1.165) is 0 Å². The van der Waals surface area contributed by atoms with Crippen molar-refractivity contribution in [2.45, 2.75) is 0 Å². The van der Waals surface area contributed by atoms with Crippen molar-refractivity contribution >= 4 is 27.4 Å². The van der Waals surface area contributed by atoms with Gasteiger partial charge in [-0.2, -0.15) is 5.26 Å². The molecule has 0 aliphatic heterocycles. The molecule has 0 radical (unpaired) electrons. The van der Waals surface area contributed by atoms with Crippen molar-refractivity contribution in [2.24, 2.45) is 0 Å². The highest BCUT2D eigenvalue weighted by molar-refractivity contribution is 9.09. The maximum Gasteiger partial charge on any atom is 0.179 e. The molecule has 0 fully saturated rings. The molecular formula is C9H7BrN2O2. The molecule has 4 nitrogen and oxygen atoms in total. The Morgan fingerprint density at radius 2 is 2.29 bits per heavy atom. The second kappa shape index (κ2) is 4.11. The van der Waals surface area contributed by atoms with E-state index >= 15 is 0 Å². The van der Waals surface area contributed by atoms with Gasteiger partial charge in [0.1, 0.15) is 11.8 Å². The number of nitriles is 1. The summed E-state index contributed by atoms with van der Waals surface area (Å²) in [5.41, 5.74) is 5.76. The number of hydrogen-bond donors (Lipinski definition) is 2. The molecule has 0 unspecified atom stereocenters. The largest absolute Gasteiger partial charge is 0.507 e. The van der Waals surface area contributed by atoms with Crippen LogP contribution in [0.5, 0.6) is 5.75 Å². The van der Waals surface area contributed by atoms with Gasteiger partial charge in [-0.25, -0.2) is 0 Å². The Hall–Kier alpha value is -1.54. The number of phenols is 1. The molecule has 0 saturated heterocycles. The number of nitrogens with zero attached hydrogens (tertiary/aromatic N) is 1. The number of benzene rings is 1. The third kappa shape index (κ3) is 1.70. The molecule has 14 heavy (non-hydrogen) atoms. The summed E-state index contributed by atoms with van der Waals surface area (Å²) in [5.74, 6) is -0.553.